The summed E-state index contributed by atoms with van der Waals surface area (Å²) in [4.78, 5) is 17.1. The van der Waals surface area contributed by atoms with Gasteiger partial charge in [-0.2, -0.15) is 0 Å². The van der Waals surface area contributed by atoms with E-state index in [2.05, 4.69) is 22.3 Å². The van der Waals surface area contributed by atoms with Crippen LogP contribution in [0.15, 0.2) is 54.6 Å². The van der Waals surface area contributed by atoms with Crippen LogP contribution in [0.5, 0.6) is 0 Å². The second-order valence-corrected chi connectivity index (χ2v) is 8.49. The van der Waals surface area contributed by atoms with Crippen LogP contribution in [0.2, 0.25) is 0 Å². The number of hydrogen-bond acceptors (Lipinski definition) is 3. The normalized spacial score (nSPS) is 23.0. The minimum Gasteiger partial charge on any atom is -0.394 e. The molecule has 2 fully saturated rings. The van der Waals surface area contributed by atoms with E-state index >= 15 is 0 Å². The summed E-state index contributed by atoms with van der Waals surface area (Å²) in [5, 5.41) is 13.1. The third kappa shape index (κ3) is 3.51. The van der Waals surface area contributed by atoms with Crippen LogP contribution in [0.25, 0.3) is 0 Å². The number of urea groups is 1. The lowest BCUT2D eigenvalue weighted by Crippen LogP contribution is -2.86. The van der Waals surface area contributed by atoms with Crippen LogP contribution < -0.4 is 5.32 Å². The first-order chi connectivity index (χ1) is 13.9. The van der Waals surface area contributed by atoms with Crippen LogP contribution in [0.4, 0.5) is 9.18 Å². The van der Waals surface area contributed by atoms with E-state index in [1.165, 1.54) is 12.1 Å². The van der Waals surface area contributed by atoms with Crippen LogP contribution in [0.3, 0.4) is 0 Å². The maximum absolute atomic E-state index is 13.2. The van der Waals surface area contributed by atoms with Gasteiger partial charge in [0.25, 0.3) is 0 Å². The largest absolute Gasteiger partial charge is 0.394 e. The van der Waals surface area contributed by atoms with Crippen molar-refractivity contribution in [2.24, 2.45) is 0 Å². The first-order valence-electron chi connectivity index (χ1n) is 10.2. The van der Waals surface area contributed by atoms with Crippen molar-refractivity contribution in [3.63, 3.8) is 0 Å². The average molecular weight is 397 g/mol. The molecule has 29 heavy (non-hydrogen) atoms. The number of aliphatic hydroxyl groups excluding tert-OH is 1. The van der Waals surface area contributed by atoms with Gasteiger partial charge in [0.15, 0.2) is 0 Å². The maximum Gasteiger partial charge on any atom is 0.318 e. The monoisotopic (exact) mass is 397 g/mol. The number of nitrogens with zero attached hydrogens (tertiary/aromatic N) is 2. The van der Waals surface area contributed by atoms with Crippen molar-refractivity contribution in [2.45, 2.75) is 43.9 Å². The van der Waals surface area contributed by atoms with E-state index in [4.69, 9.17) is 0 Å². The molecule has 0 saturated carbocycles. The van der Waals surface area contributed by atoms with Gasteiger partial charge >= 0.3 is 6.03 Å². The fraction of sp³-hybridized carbons (Fsp3) is 0.435. The summed E-state index contributed by atoms with van der Waals surface area (Å²) in [7, 11) is 0. The molecule has 2 N–H and O–H groups in total. The van der Waals surface area contributed by atoms with Crippen molar-refractivity contribution in [1.82, 2.24) is 15.1 Å². The van der Waals surface area contributed by atoms with E-state index in [0.717, 1.165) is 24.2 Å². The molecule has 6 heteroatoms. The Balaban J connectivity index is 1.56. The van der Waals surface area contributed by atoms with E-state index in [9.17, 15) is 14.3 Å². The molecule has 5 nitrogen and oxygen atoms in total. The summed E-state index contributed by atoms with van der Waals surface area (Å²) in [5.74, 6) is -0.143. The Labute approximate surface area is 171 Å². The molecule has 0 aromatic heterocycles. The van der Waals surface area contributed by atoms with Gasteiger partial charge in [-0.3, -0.25) is 4.90 Å². The number of nitrogens with one attached hydrogen (secondary N) is 1. The van der Waals surface area contributed by atoms with Crippen molar-refractivity contribution in [1.29, 1.82) is 0 Å². The number of benzene rings is 2. The summed E-state index contributed by atoms with van der Waals surface area (Å²) >= 11 is 0. The molecule has 2 aliphatic heterocycles. The molecule has 4 rings (SSSR count). The summed E-state index contributed by atoms with van der Waals surface area (Å²) in [5.41, 5.74) is 1.88. The van der Waals surface area contributed by atoms with Crippen LogP contribution in [0, 0.1) is 5.82 Å². The standard InChI is InChI=1S/C23H28FN3O2/c1-16(2)25-22(29)27-20(13-28)21(18-6-4-3-5-7-18)23(27)14-26(15-23)12-17-8-10-19(24)11-9-17/h3-11,16,20-21,28H,12-15H2,1-2H3,(H,25,29)/t20-,21+/m0/s1. The molecule has 2 saturated heterocycles. The third-order valence-corrected chi connectivity index (χ3v) is 6.07. The van der Waals surface area contributed by atoms with Crippen molar-refractivity contribution in [2.75, 3.05) is 19.7 Å². The Kier molecular flexibility index (Phi) is 5.32. The highest BCUT2D eigenvalue weighted by Crippen LogP contribution is 2.54. The van der Waals surface area contributed by atoms with Crippen molar-refractivity contribution < 1.29 is 14.3 Å². The van der Waals surface area contributed by atoms with Gasteiger partial charge < -0.3 is 15.3 Å². The lowest BCUT2D eigenvalue weighted by Gasteiger charge is -2.70. The molecule has 2 aliphatic rings. The summed E-state index contributed by atoms with van der Waals surface area (Å²) in [6, 6.07) is 16.4. The average Bonchev–Trinajstić information content (AvgIpc) is 2.64. The Bertz CT molecular complexity index is 850. The first-order valence-corrected chi connectivity index (χ1v) is 10.2. The maximum atomic E-state index is 13.2. The van der Waals surface area contributed by atoms with Gasteiger partial charge in [-0.15, -0.1) is 0 Å². The molecule has 2 amide bonds. The zero-order valence-corrected chi connectivity index (χ0v) is 16.9. The molecule has 1 spiro atoms. The number of rotatable bonds is 5. The van der Waals surface area contributed by atoms with E-state index in [0.29, 0.717) is 6.54 Å². The molecular weight excluding hydrogens is 369 g/mol. The highest BCUT2D eigenvalue weighted by atomic mass is 19.1. The van der Waals surface area contributed by atoms with Crippen molar-refractivity contribution in [3.8, 4) is 0 Å². The predicted molar refractivity (Wildman–Crippen MR) is 110 cm³/mol. The highest BCUT2D eigenvalue weighted by molar-refractivity contribution is 5.78. The second-order valence-electron chi connectivity index (χ2n) is 8.49. The smallest absolute Gasteiger partial charge is 0.318 e. The zero-order valence-electron chi connectivity index (χ0n) is 16.9. The molecule has 2 aromatic carbocycles. The molecule has 2 heterocycles. The van der Waals surface area contributed by atoms with Crippen molar-refractivity contribution >= 4 is 6.03 Å². The van der Waals surface area contributed by atoms with Crippen LogP contribution in [-0.2, 0) is 6.54 Å². The molecule has 0 bridgehead atoms. The minimum absolute atomic E-state index is 0.0325. The number of aliphatic hydroxyl groups is 1. The van der Waals surface area contributed by atoms with Gasteiger partial charge in [-0.05, 0) is 37.1 Å². The van der Waals surface area contributed by atoms with Crippen molar-refractivity contribution in [3.05, 3.63) is 71.5 Å². The fourth-order valence-electron chi connectivity index (χ4n) is 4.99. The SMILES string of the molecule is CC(C)NC(=O)N1[C@@H](CO)[C@@H](c2ccccc2)C12CN(Cc1ccc(F)cc1)C2. The van der Waals surface area contributed by atoms with E-state index < -0.39 is 0 Å². The minimum atomic E-state index is -0.326. The Morgan fingerprint density at radius 3 is 2.41 bits per heavy atom. The molecule has 0 radical (unpaired) electrons. The zero-order chi connectivity index (χ0) is 20.6. The predicted octanol–water partition coefficient (Wildman–Crippen LogP) is 2.96. The van der Waals surface area contributed by atoms with Gasteiger partial charge in [0.05, 0.1) is 18.2 Å². The van der Waals surface area contributed by atoms with E-state index in [1.807, 2.05) is 36.9 Å². The number of carbonyl (C=O) groups is 1. The Hall–Kier alpha value is -2.44. The summed E-state index contributed by atoms with van der Waals surface area (Å²) in [6.07, 6.45) is 0. The molecule has 154 valence electrons. The number of carbonyl (C=O) groups excluding carboxylic acids is 1. The summed E-state index contributed by atoms with van der Waals surface area (Å²) in [6.45, 7) is 5.98. The van der Waals surface area contributed by atoms with Gasteiger partial charge in [0, 0.05) is 31.6 Å². The fourth-order valence-corrected chi connectivity index (χ4v) is 4.99. The number of halogens is 1. The molecule has 2 aromatic rings. The first kappa shape index (κ1) is 19.9. The number of amides is 2. The van der Waals surface area contributed by atoms with Gasteiger partial charge in [-0.1, -0.05) is 42.5 Å². The quantitative estimate of drug-likeness (QED) is 0.816. The molecule has 0 unspecified atom stereocenters. The van der Waals surface area contributed by atoms with E-state index in [1.54, 1.807) is 12.1 Å². The topological polar surface area (TPSA) is 55.8 Å². The van der Waals surface area contributed by atoms with Gasteiger partial charge in [0.1, 0.15) is 5.82 Å². The lowest BCUT2D eigenvalue weighted by atomic mass is 9.61. The van der Waals surface area contributed by atoms with Gasteiger partial charge in [0.2, 0.25) is 0 Å². The molecule has 0 aliphatic carbocycles. The van der Waals surface area contributed by atoms with Crippen LogP contribution >= 0.6 is 0 Å². The second kappa shape index (κ2) is 7.76. The lowest BCUT2D eigenvalue weighted by molar-refractivity contribution is -0.164. The summed E-state index contributed by atoms with van der Waals surface area (Å²) < 4.78 is 13.2. The van der Waals surface area contributed by atoms with E-state index in [-0.39, 0.29) is 42.0 Å². The van der Waals surface area contributed by atoms with Gasteiger partial charge in [-0.25, -0.2) is 9.18 Å². The number of likely N-dealkylation sites (tertiary alicyclic amines) is 2. The Morgan fingerprint density at radius 2 is 1.83 bits per heavy atom. The highest BCUT2D eigenvalue weighted by Gasteiger charge is 2.67. The van der Waals surface area contributed by atoms with Crippen LogP contribution in [0.1, 0.15) is 30.9 Å². The molecular formula is C23H28FN3O2. The molecule has 2 atom stereocenters. The third-order valence-electron chi connectivity index (χ3n) is 6.07. The van der Waals surface area contributed by atoms with Crippen LogP contribution in [-0.4, -0.2) is 58.3 Å². The number of hydrogen-bond donors (Lipinski definition) is 2. The Morgan fingerprint density at radius 1 is 1.17 bits per heavy atom.